The minimum absolute atomic E-state index is 0.131. The Balaban J connectivity index is 1.69. The summed E-state index contributed by atoms with van der Waals surface area (Å²) in [7, 11) is 0. The van der Waals surface area contributed by atoms with E-state index >= 15 is 0 Å². The van der Waals surface area contributed by atoms with Gasteiger partial charge in [0.05, 0.1) is 18.4 Å². The molecule has 112 valence electrons. The average Bonchev–Trinajstić information content (AvgIpc) is 3.12. The molecule has 1 aliphatic rings. The van der Waals surface area contributed by atoms with Crippen molar-refractivity contribution < 1.29 is 8.78 Å². The minimum Gasteiger partial charge on any atom is -0.350 e. The highest BCUT2D eigenvalue weighted by atomic mass is 19.3. The van der Waals surface area contributed by atoms with Crippen LogP contribution in [0.5, 0.6) is 0 Å². The van der Waals surface area contributed by atoms with Gasteiger partial charge < -0.3 is 9.88 Å². The summed E-state index contributed by atoms with van der Waals surface area (Å²) in [6.07, 6.45) is 4.92. The number of halogens is 2. The van der Waals surface area contributed by atoms with Crippen molar-refractivity contribution in [3.63, 3.8) is 0 Å². The highest BCUT2D eigenvalue weighted by molar-refractivity contribution is 5.74. The van der Waals surface area contributed by atoms with Crippen molar-refractivity contribution in [2.75, 3.05) is 18.0 Å². The highest BCUT2D eigenvalue weighted by Gasteiger charge is 2.38. The SMILES string of the molecule is FC1(F)CCN(c2cc(-c3cnc4[nH]ccc4n3)ccn2)C1. The van der Waals surface area contributed by atoms with Crippen LogP contribution in [-0.4, -0.2) is 38.9 Å². The molecule has 0 amide bonds. The Labute approximate surface area is 125 Å². The first-order chi connectivity index (χ1) is 10.6. The van der Waals surface area contributed by atoms with Crippen LogP contribution in [0.25, 0.3) is 22.4 Å². The summed E-state index contributed by atoms with van der Waals surface area (Å²) in [6.45, 7) is 0.0257. The number of anilines is 1. The van der Waals surface area contributed by atoms with Crippen LogP contribution in [0.1, 0.15) is 6.42 Å². The molecule has 0 aliphatic carbocycles. The van der Waals surface area contributed by atoms with Gasteiger partial charge in [0.25, 0.3) is 5.92 Å². The fraction of sp³-hybridized carbons (Fsp3) is 0.267. The van der Waals surface area contributed by atoms with Gasteiger partial charge in [0, 0.05) is 30.9 Å². The summed E-state index contributed by atoms with van der Waals surface area (Å²) < 4.78 is 26.7. The molecule has 1 N–H and O–H groups in total. The van der Waals surface area contributed by atoms with Gasteiger partial charge in [-0.05, 0) is 18.2 Å². The van der Waals surface area contributed by atoms with Crippen molar-refractivity contribution in [2.45, 2.75) is 12.3 Å². The van der Waals surface area contributed by atoms with Crippen LogP contribution in [0, 0.1) is 0 Å². The molecule has 0 aromatic carbocycles. The number of nitrogens with one attached hydrogen (secondary N) is 1. The molecular formula is C15H13F2N5. The summed E-state index contributed by atoms with van der Waals surface area (Å²) in [5.74, 6) is -2.09. The third-order valence-corrected chi connectivity index (χ3v) is 3.80. The second-order valence-electron chi connectivity index (χ2n) is 5.40. The Bertz CT molecular complexity index is 829. The van der Waals surface area contributed by atoms with Crippen LogP contribution in [0.4, 0.5) is 14.6 Å². The Morgan fingerprint density at radius 2 is 2.14 bits per heavy atom. The van der Waals surface area contributed by atoms with E-state index in [4.69, 9.17) is 0 Å². The first-order valence-electron chi connectivity index (χ1n) is 7.00. The summed E-state index contributed by atoms with van der Waals surface area (Å²) in [5.41, 5.74) is 3.00. The second-order valence-corrected chi connectivity index (χ2v) is 5.40. The zero-order valence-corrected chi connectivity index (χ0v) is 11.6. The van der Waals surface area contributed by atoms with Gasteiger partial charge in [-0.2, -0.15) is 0 Å². The predicted molar refractivity (Wildman–Crippen MR) is 78.9 cm³/mol. The molecule has 0 spiro atoms. The van der Waals surface area contributed by atoms with Gasteiger partial charge in [-0.3, -0.25) is 0 Å². The molecule has 1 saturated heterocycles. The topological polar surface area (TPSA) is 57.7 Å². The van der Waals surface area contributed by atoms with Crippen LogP contribution in [0.3, 0.4) is 0 Å². The number of hydrogen-bond donors (Lipinski definition) is 1. The monoisotopic (exact) mass is 301 g/mol. The summed E-state index contributed by atoms with van der Waals surface area (Å²) in [6, 6.07) is 5.43. The first-order valence-corrected chi connectivity index (χ1v) is 7.00. The number of aromatic nitrogens is 4. The maximum Gasteiger partial charge on any atom is 0.266 e. The predicted octanol–water partition coefficient (Wildman–Crippen LogP) is 2.87. The zero-order chi connectivity index (χ0) is 15.2. The van der Waals surface area contributed by atoms with Crippen LogP contribution in [-0.2, 0) is 0 Å². The van der Waals surface area contributed by atoms with Crippen LogP contribution >= 0.6 is 0 Å². The van der Waals surface area contributed by atoms with E-state index < -0.39 is 5.92 Å². The van der Waals surface area contributed by atoms with E-state index in [0.29, 0.717) is 18.1 Å². The Morgan fingerprint density at radius 3 is 2.95 bits per heavy atom. The largest absolute Gasteiger partial charge is 0.350 e. The van der Waals surface area contributed by atoms with E-state index in [0.717, 1.165) is 16.7 Å². The Kier molecular flexibility index (Phi) is 2.82. The molecule has 5 nitrogen and oxygen atoms in total. The lowest BCUT2D eigenvalue weighted by molar-refractivity contribution is 0.0256. The molecule has 1 fully saturated rings. The molecule has 4 heterocycles. The fourth-order valence-corrected chi connectivity index (χ4v) is 2.65. The van der Waals surface area contributed by atoms with E-state index in [1.54, 1.807) is 35.6 Å². The third-order valence-electron chi connectivity index (χ3n) is 3.80. The van der Waals surface area contributed by atoms with Gasteiger partial charge in [-0.15, -0.1) is 0 Å². The lowest BCUT2D eigenvalue weighted by Crippen LogP contribution is -2.25. The van der Waals surface area contributed by atoms with E-state index in [9.17, 15) is 8.78 Å². The summed E-state index contributed by atoms with van der Waals surface area (Å²) in [5, 5.41) is 0. The number of H-pyrrole nitrogens is 1. The smallest absolute Gasteiger partial charge is 0.266 e. The number of pyridine rings is 1. The summed E-state index contributed by atoms with van der Waals surface area (Å²) in [4.78, 5) is 17.6. The number of fused-ring (bicyclic) bond motifs is 1. The summed E-state index contributed by atoms with van der Waals surface area (Å²) >= 11 is 0. The van der Waals surface area contributed by atoms with E-state index in [-0.39, 0.29) is 13.0 Å². The van der Waals surface area contributed by atoms with Gasteiger partial charge in [-0.25, -0.2) is 23.7 Å². The molecule has 0 saturated carbocycles. The number of hydrogen-bond acceptors (Lipinski definition) is 4. The van der Waals surface area contributed by atoms with Gasteiger partial charge in [0.2, 0.25) is 0 Å². The highest BCUT2D eigenvalue weighted by Crippen LogP contribution is 2.31. The number of aromatic amines is 1. The van der Waals surface area contributed by atoms with E-state index in [2.05, 4.69) is 19.9 Å². The maximum absolute atomic E-state index is 13.3. The van der Waals surface area contributed by atoms with Gasteiger partial charge in [-0.1, -0.05) is 0 Å². The van der Waals surface area contributed by atoms with Crippen molar-refractivity contribution in [1.82, 2.24) is 19.9 Å². The van der Waals surface area contributed by atoms with Crippen molar-refractivity contribution in [2.24, 2.45) is 0 Å². The van der Waals surface area contributed by atoms with Crippen molar-refractivity contribution in [1.29, 1.82) is 0 Å². The third kappa shape index (κ3) is 2.28. The van der Waals surface area contributed by atoms with Gasteiger partial charge in [0.1, 0.15) is 11.3 Å². The Morgan fingerprint density at radius 1 is 1.23 bits per heavy atom. The maximum atomic E-state index is 13.3. The van der Waals surface area contributed by atoms with E-state index in [1.807, 2.05) is 6.07 Å². The Hall–Kier alpha value is -2.57. The van der Waals surface area contributed by atoms with Crippen molar-refractivity contribution >= 4 is 17.0 Å². The second kappa shape index (κ2) is 4.72. The lowest BCUT2D eigenvalue weighted by atomic mass is 10.2. The molecule has 0 atom stereocenters. The normalized spacial score (nSPS) is 17.3. The number of alkyl halides is 2. The molecule has 22 heavy (non-hydrogen) atoms. The van der Waals surface area contributed by atoms with Crippen molar-refractivity contribution in [3.05, 3.63) is 36.8 Å². The molecule has 4 rings (SSSR count). The van der Waals surface area contributed by atoms with Crippen LogP contribution < -0.4 is 4.90 Å². The molecule has 1 aliphatic heterocycles. The lowest BCUT2D eigenvalue weighted by Gasteiger charge is -2.17. The number of rotatable bonds is 2. The quantitative estimate of drug-likeness (QED) is 0.790. The molecule has 0 bridgehead atoms. The average molecular weight is 301 g/mol. The minimum atomic E-state index is -2.64. The van der Waals surface area contributed by atoms with Gasteiger partial charge in [0.15, 0.2) is 5.65 Å². The number of nitrogens with zero attached hydrogens (tertiary/aromatic N) is 4. The zero-order valence-electron chi connectivity index (χ0n) is 11.6. The molecular weight excluding hydrogens is 288 g/mol. The van der Waals surface area contributed by atoms with Gasteiger partial charge >= 0.3 is 0 Å². The van der Waals surface area contributed by atoms with Crippen LogP contribution in [0.2, 0.25) is 0 Å². The van der Waals surface area contributed by atoms with E-state index in [1.165, 1.54) is 0 Å². The molecule has 0 unspecified atom stereocenters. The fourth-order valence-electron chi connectivity index (χ4n) is 2.65. The molecule has 7 heteroatoms. The van der Waals surface area contributed by atoms with Crippen molar-refractivity contribution in [3.8, 4) is 11.3 Å². The standard InChI is InChI=1S/C15H13F2N5/c16-15(17)3-6-22(9-15)13-7-10(1-4-18-13)12-8-20-14-11(21-12)2-5-19-14/h1-2,4-5,7-8H,3,6,9H2,(H,19,20). The first kappa shape index (κ1) is 13.1. The molecule has 3 aromatic heterocycles. The van der Waals surface area contributed by atoms with Crippen LogP contribution in [0.15, 0.2) is 36.8 Å². The molecule has 0 radical (unpaired) electrons. The molecule has 3 aromatic rings.